The molecule has 0 fully saturated rings. The van der Waals surface area contributed by atoms with Gasteiger partial charge in [0.1, 0.15) is 0 Å². The molecule has 3 heteroatoms. The summed E-state index contributed by atoms with van der Waals surface area (Å²) in [6, 6.07) is 17.0. The van der Waals surface area contributed by atoms with E-state index in [0.717, 1.165) is 26.9 Å². The Balaban J connectivity index is 1.98. The number of ether oxygens (including phenoxy) is 1. The molecule has 0 N–H and O–H groups in total. The molecule has 0 atom stereocenters. The van der Waals surface area contributed by atoms with E-state index >= 15 is 0 Å². The average molecular weight is 301 g/mol. The van der Waals surface area contributed by atoms with Gasteiger partial charge >= 0.3 is 0 Å². The van der Waals surface area contributed by atoms with Crippen LogP contribution in [0, 0.1) is 5.82 Å². The summed E-state index contributed by atoms with van der Waals surface area (Å²) in [4.78, 5) is 0. The van der Waals surface area contributed by atoms with E-state index in [1.807, 2.05) is 42.5 Å². The number of halogens is 2. The first-order valence-corrected chi connectivity index (χ1v) is 7.05. The van der Waals surface area contributed by atoms with E-state index in [-0.39, 0.29) is 11.6 Å². The van der Waals surface area contributed by atoms with Gasteiger partial charge in [0.25, 0.3) is 0 Å². The topological polar surface area (TPSA) is 9.23 Å². The lowest BCUT2D eigenvalue weighted by molar-refractivity contribution is 0.386. The van der Waals surface area contributed by atoms with Crippen molar-refractivity contribution in [2.75, 3.05) is 7.11 Å². The Morgan fingerprint density at radius 2 is 1.86 bits per heavy atom. The maximum Gasteiger partial charge on any atom is 0.165 e. The summed E-state index contributed by atoms with van der Waals surface area (Å²) in [6.45, 7) is 0. The maximum atomic E-state index is 13.7. The third kappa shape index (κ3) is 2.72. The predicted molar refractivity (Wildman–Crippen MR) is 84.7 cm³/mol. The molecule has 0 aromatic heterocycles. The second-order valence-electron chi connectivity index (χ2n) is 4.91. The van der Waals surface area contributed by atoms with E-state index in [9.17, 15) is 4.39 Å². The average Bonchev–Trinajstić information content (AvgIpc) is 2.51. The first kappa shape index (κ1) is 13.9. The van der Waals surface area contributed by atoms with Gasteiger partial charge < -0.3 is 4.74 Å². The van der Waals surface area contributed by atoms with Crippen LogP contribution < -0.4 is 4.74 Å². The fraction of sp³-hybridized carbons (Fsp3) is 0.111. The molecule has 0 amide bonds. The molecular weight excluding hydrogens is 287 g/mol. The lowest BCUT2D eigenvalue weighted by Crippen LogP contribution is -1.94. The minimum absolute atomic E-state index is 0.253. The van der Waals surface area contributed by atoms with Crippen LogP contribution in [0.5, 0.6) is 5.75 Å². The van der Waals surface area contributed by atoms with Gasteiger partial charge in [0, 0.05) is 5.39 Å². The first-order valence-electron chi connectivity index (χ1n) is 6.67. The SMILES string of the molecule is COc1ccc(Cc2ccc3ccccc3c2Cl)cc1F. The highest BCUT2D eigenvalue weighted by Gasteiger charge is 2.08. The summed E-state index contributed by atoms with van der Waals surface area (Å²) in [5.74, 6) is -0.102. The van der Waals surface area contributed by atoms with E-state index in [4.69, 9.17) is 16.3 Å². The largest absolute Gasteiger partial charge is 0.494 e. The molecule has 0 saturated heterocycles. The summed E-state index contributed by atoms with van der Waals surface area (Å²) in [6.07, 6.45) is 0.588. The van der Waals surface area contributed by atoms with Gasteiger partial charge in [-0.15, -0.1) is 0 Å². The second-order valence-corrected chi connectivity index (χ2v) is 5.28. The number of rotatable bonds is 3. The van der Waals surface area contributed by atoms with Crippen molar-refractivity contribution in [1.29, 1.82) is 0 Å². The van der Waals surface area contributed by atoms with Crippen LogP contribution in [0.25, 0.3) is 10.8 Å². The molecule has 0 aliphatic heterocycles. The second kappa shape index (κ2) is 5.74. The van der Waals surface area contributed by atoms with Crippen molar-refractivity contribution in [2.45, 2.75) is 6.42 Å². The van der Waals surface area contributed by atoms with Crippen LogP contribution >= 0.6 is 11.6 Å². The molecule has 3 aromatic rings. The van der Waals surface area contributed by atoms with Gasteiger partial charge in [-0.3, -0.25) is 0 Å². The number of methoxy groups -OCH3 is 1. The molecule has 3 rings (SSSR count). The highest BCUT2D eigenvalue weighted by Crippen LogP contribution is 2.29. The Morgan fingerprint density at radius 3 is 2.62 bits per heavy atom. The number of hydrogen-bond donors (Lipinski definition) is 0. The van der Waals surface area contributed by atoms with E-state index in [1.165, 1.54) is 13.2 Å². The van der Waals surface area contributed by atoms with Gasteiger partial charge in [-0.1, -0.05) is 54.1 Å². The molecule has 0 spiro atoms. The van der Waals surface area contributed by atoms with E-state index in [0.29, 0.717) is 6.42 Å². The van der Waals surface area contributed by atoms with Gasteiger partial charge in [0.2, 0.25) is 0 Å². The molecule has 0 saturated carbocycles. The fourth-order valence-corrected chi connectivity index (χ4v) is 2.76. The summed E-state index contributed by atoms with van der Waals surface area (Å²) < 4.78 is 18.7. The van der Waals surface area contributed by atoms with Crippen LogP contribution in [0.3, 0.4) is 0 Å². The van der Waals surface area contributed by atoms with E-state index in [1.54, 1.807) is 6.07 Å². The van der Waals surface area contributed by atoms with Crippen LogP contribution in [0.4, 0.5) is 4.39 Å². The van der Waals surface area contributed by atoms with Crippen molar-refractivity contribution >= 4 is 22.4 Å². The van der Waals surface area contributed by atoms with Crippen molar-refractivity contribution in [3.05, 3.63) is 76.6 Å². The highest BCUT2D eigenvalue weighted by molar-refractivity contribution is 6.36. The summed E-state index contributed by atoms with van der Waals surface area (Å²) in [5, 5.41) is 2.85. The monoisotopic (exact) mass is 300 g/mol. The summed E-state index contributed by atoms with van der Waals surface area (Å²) >= 11 is 6.47. The third-order valence-corrected chi connectivity index (χ3v) is 4.00. The van der Waals surface area contributed by atoms with Crippen molar-refractivity contribution < 1.29 is 9.13 Å². The zero-order valence-corrected chi connectivity index (χ0v) is 12.3. The minimum Gasteiger partial charge on any atom is -0.494 e. The van der Waals surface area contributed by atoms with E-state index < -0.39 is 0 Å². The van der Waals surface area contributed by atoms with E-state index in [2.05, 4.69) is 0 Å². The molecule has 0 bridgehead atoms. The Bertz CT molecular complexity index is 798. The fourth-order valence-electron chi connectivity index (χ4n) is 2.46. The molecule has 0 unspecified atom stereocenters. The number of benzene rings is 3. The zero-order chi connectivity index (χ0) is 14.8. The predicted octanol–water partition coefficient (Wildman–Crippen LogP) is 5.23. The van der Waals surface area contributed by atoms with Crippen molar-refractivity contribution in [3.8, 4) is 5.75 Å². The summed E-state index contributed by atoms with van der Waals surface area (Å²) in [5.41, 5.74) is 1.85. The molecule has 0 aliphatic carbocycles. The lowest BCUT2D eigenvalue weighted by atomic mass is 10.0. The molecule has 1 nitrogen and oxygen atoms in total. The molecule has 0 radical (unpaired) electrons. The van der Waals surface area contributed by atoms with Crippen molar-refractivity contribution in [3.63, 3.8) is 0 Å². The van der Waals surface area contributed by atoms with Crippen LogP contribution in [0.1, 0.15) is 11.1 Å². The third-order valence-electron chi connectivity index (χ3n) is 3.55. The molecule has 106 valence electrons. The van der Waals surface area contributed by atoms with Gasteiger partial charge in [-0.25, -0.2) is 4.39 Å². The Kier molecular flexibility index (Phi) is 3.80. The first-order chi connectivity index (χ1) is 10.2. The molecule has 21 heavy (non-hydrogen) atoms. The number of hydrogen-bond acceptors (Lipinski definition) is 1. The van der Waals surface area contributed by atoms with Crippen LogP contribution in [0.15, 0.2) is 54.6 Å². The normalized spacial score (nSPS) is 10.8. The van der Waals surface area contributed by atoms with Crippen molar-refractivity contribution in [1.82, 2.24) is 0 Å². The Hall–Kier alpha value is -2.06. The van der Waals surface area contributed by atoms with Gasteiger partial charge in [-0.05, 0) is 35.1 Å². The Labute approximate surface area is 127 Å². The highest BCUT2D eigenvalue weighted by atomic mass is 35.5. The van der Waals surface area contributed by atoms with Crippen LogP contribution in [-0.2, 0) is 6.42 Å². The van der Waals surface area contributed by atoms with Gasteiger partial charge in [0.05, 0.1) is 12.1 Å². The molecule has 3 aromatic carbocycles. The quantitative estimate of drug-likeness (QED) is 0.643. The van der Waals surface area contributed by atoms with Gasteiger partial charge in [0.15, 0.2) is 11.6 Å². The molecular formula is C18H14ClFO. The smallest absolute Gasteiger partial charge is 0.165 e. The van der Waals surface area contributed by atoms with Crippen LogP contribution in [-0.4, -0.2) is 7.11 Å². The molecule has 0 heterocycles. The zero-order valence-electron chi connectivity index (χ0n) is 11.6. The van der Waals surface area contributed by atoms with Crippen molar-refractivity contribution in [2.24, 2.45) is 0 Å². The lowest BCUT2D eigenvalue weighted by Gasteiger charge is -2.09. The molecule has 0 aliphatic rings. The van der Waals surface area contributed by atoms with Crippen LogP contribution in [0.2, 0.25) is 5.02 Å². The maximum absolute atomic E-state index is 13.7. The summed E-state index contributed by atoms with van der Waals surface area (Å²) in [7, 11) is 1.46. The standard InChI is InChI=1S/C18H14ClFO/c1-21-17-9-6-12(11-16(17)20)10-14-8-7-13-4-2-3-5-15(13)18(14)19/h2-9,11H,10H2,1H3. The Morgan fingerprint density at radius 1 is 1.05 bits per heavy atom. The minimum atomic E-state index is -0.355. The number of fused-ring (bicyclic) bond motifs is 1. The van der Waals surface area contributed by atoms with Gasteiger partial charge in [-0.2, -0.15) is 0 Å².